The maximum absolute atomic E-state index is 10.1. The third kappa shape index (κ3) is 8.41. The van der Waals surface area contributed by atoms with E-state index in [9.17, 15) is 40.0 Å². The zero-order chi connectivity index (χ0) is 21.7. The molecule has 2 aromatic rings. The van der Waals surface area contributed by atoms with E-state index in [1.54, 1.807) is 0 Å². The van der Waals surface area contributed by atoms with Gasteiger partial charge in [0.1, 0.15) is 11.9 Å². The van der Waals surface area contributed by atoms with Crippen LogP contribution >= 0.6 is 0 Å². The molecule has 0 fully saturated rings. The van der Waals surface area contributed by atoms with Crippen LogP contribution in [0.25, 0.3) is 10.4 Å². The van der Waals surface area contributed by atoms with Crippen molar-refractivity contribution in [2.75, 3.05) is 11.1 Å². The van der Waals surface area contributed by atoms with E-state index in [-0.39, 0.29) is 9.58 Å². The Hall–Kier alpha value is -4.70. The first-order valence-corrected chi connectivity index (χ1v) is 6.05. The van der Waals surface area contributed by atoms with Gasteiger partial charge in [-0.1, -0.05) is 10.2 Å². The molecule has 0 bridgehead atoms. The van der Waals surface area contributed by atoms with Crippen LogP contribution in [0.1, 0.15) is 21.2 Å². The predicted molar refractivity (Wildman–Crippen MR) is 66.2 cm³/mol. The number of hydrogen-bond donors (Lipinski definition) is 2. The molecular formula is C4H2CoN15O8. The molecule has 23 nitrogen and oxygen atoms in total. The number of tetrazole rings is 2. The number of carboxylic acids is 2. The van der Waals surface area contributed by atoms with E-state index in [4.69, 9.17) is 5.53 Å². The van der Waals surface area contributed by atoms with Crippen LogP contribution in [-0.2, 0) is 16.0 Å². The Morgan fingerprint density at radius 3 is 1.54 bits per heavy atom. The van der Waals surface area contributed by atoms with Gasteiger partial charge in [0.05, 0.1) is 20.5 Å². The number of hydrogen-bond acceptors (Lipinski definition) is 15. The third-order valence-electron chi connectivity index (χ3n) is 1.69. The van der Waals surface area contributed by atoms with E-state index < -0.39 is 33.7 Å². The Kier molecular flexibility index (Phi) is 9.80. The zero-order valence-corrected chi connectivity index (χ0v) is 13.5. The molecule has 0 aliphatic rings. The Balaban J connectivity index is 0.000000439. The summed E-state index contributed by atoms with van der Waals surface area (Å²) in [6.45, 7) is 0. The van der Waals surface area contributed by atoms with Gasteiger partial charge >= 0.3 is 42.2 Å². The summed E-state index contributed by atoms with van der Waals surface area (Å²) in [5.74, 6) is -4.97. The van der Waals surface area contributed by atoms with Crippen molar-refractivity contribution in [3.05, 3.63) is 42.3 Å². The summed E-state index contributed by atoms with van der Waals surface area (Å²) in [5.41, 5.74) is 10.1. The molecule has 2 N–H and O–H groups in total. The second-order valence-electron chi connectivity index (χ2n) is 3.27. The Morgan fingerprint density at radius 1 is 1.00 bits per heavy atom. The average Bonchev–Trinajstić information content (AvgIpc) is 3.24. The fourth-order valence-corrected chi connectivity index (χ4v) is 0.918. The molecule has 24 heteroatoms. The number of rotatable bonds is 6. The summed E-state index contributed by atoms with van der Waals surface area (Å²) >= 11 is 3.17. The first-order valence-electron chi connectivity index (χ1n) is 5.58. The molecule has 2 rings (SSSR count). The van der Waals surface area contributed by atoms with Crippen molar-refractivity contribution in [1.82, 2.24) is 40.6 Å². The number of hydrazine groups is 2. The predicted octanol–water partition coefficient (Wildman–Crippen LogP) is -5.70. The molecule has 0 radical (unpaired) electrons. The average molecular weight is 447 g/mol. The second kappa shape index (κ2) is 11.8. The molecule has 0 aliphatic heterocycles. The number of carbonyl (C=O) groups excluding carboxylic acids is 2. The summed E-state index contributed by atoms with van der Waals surface area (Å²) in [5, 5.41) is 55.4. The van der Waals surface area contributed by atoms with Crippen molar-refractivity contribution in [3.8, 4) is 0 Å². The molecule has 28 heavy (non-hydrogen) atoms. The van der Waals surface area contributed by atoms with Gasteiger partial charge < -0.3 is 40.0 Å². The van der Waals surface area contributed by atoms with Crippen LogP contribution in [-0.4, -0.2) is 62.6 Å². The molecule has 2 aromatic heterocycles. The summed E-state index contributed by atoms with van der Waals surface area (Å²) in [6.07, 6.45) is 0. The molecule has 0 unspecified atom stereocenters. The topological polar surface area (TPSA) is 327 Å². The van der Waals surface area contributed by atoms with E-state index in [0.717, 1.165) is 0 Å². The molecule has 0 aliphatic carbocycles. The molecule has 0 saturated heterocycles. The number of azide groups is 1. The van der Waals surface area contributed by atoms with Crippen molar-refractivity contribution >= 4 is 11.9 Å². The second-order valence-corrected chi connectivity index (χ2v) is 3.48. The summed E-state index contributed by atoms with van der Waals surface area (Å²) < 4.78 is 2.60. The molecule has 150 valence electrons. The van der Waals surface area contributed by atoms with Gasteiger partial charge in [-0.3, -0.25) is 0 Å². The molecule has 0 saturated carbocycles. The Bertz CT molecular complexity index is 818. The van der Waals surface area contributed by atoms with Gasteiger partial charge in [-0.15, -0.1) is 0 Å². The van der Waals surface area contributed by atoms with Crippen LogP contribution in [0.2, 0.25) is 0 Å². The van der Waals surface area contributed by atoms with Crippen LogP contribution in [0, 0.1) is 20.2 Å². The van der Waals surface area contributed by atoms with Crippen LogP contribution in [0.5, 0.6) is 0 Å². The summed E-state index contributed by atoms with van der Waals surface area (Å²) in [6, 6.07) is 0. The molecule has 2 heterocycles. The van der Waals surface area contributed by atoms with E-state index in [1.165, 1.54) is 11.1 Å². The van der Waals surface area contributed by atoms with Gasteiger partial charge in [0.25, 0.3) is 0 Å². The molecule has 0 amide bonds. The van der Waals surface area contributed by atoms with Crippen molar-refractivity contribution in [1.29, 1.82) is 0 Å². The van der Waals surface area contributed by atoms with E-state index in [1.807, 2.05) is 0 Å². The van der Waals surface area contributed by atoms with Crippen LogP contribution < -0.4 is 21.3 Å². The third-order valence-corrected chi connectivity index (χ3v) is 1.78. The van der Waals surface area contributed by atoms with Crippen molar-refractivity contribution < 1.29 is 45.8 Å². The first kappa shape index (κ1) is 23.3. The molecular weight excluding hydrogens is 445 g/mol. The van der Waals surface area contributed by atoms with Crippen molar-refractivity contribution in [2.24, 2.45) is 4.16 Å². The van der Waals surface area contributed by atoms with E-state index in [2.05, 4.69) is 56.1 Å². The van der Waals surface area contributed by atoms with Gasteiger partial charge in [0.15, 0.2) is 0 Å². The normalized spacial score (nSPS) is 8.61. The van der Waals surface area contributed by atoms with Crippen LogP contribution in [0.3, 0.4) is 0 Å². The number of aromatic nitrogens is 8. The monoisotopic (exact) mass is 447 g/mol. The number of nitro groups is 2. The van der Waals surface area contributed by atoms with E-state index >= 15 is 0 Å². The SMILES string of the molecule is O=C([O-])c1nnnn1N[N+](=O)[O-].O=C([O-])c1nnnn1N[N+](=O)[O-].[N-]=[N+]=[N][Co+2]. The van der Waals surface area contributed by atoms with Gasteiger partial charge in [-0.25, -0.2) is 0 Å². The van der Waals surface area contributed by atoms with Crippen LogP contribution in [0.4, 0.5) is 0 Å². The molecule has 0 aromatic carbocycles. The number of nitrogens with zero attached hydrogens (tertiary/aromatic N) is 13. The fourth-order valence-electron chi connectivity index (χ4n) is 0.918. The van der Waals surface area contributed by atoms with Crippen molar-refractivity contribution in [3.63, 3.8) is 0 Å². The summed E-state index contributed by atoms with van der Waals surface area (Å²) in [7, 11) is 0. The maximum atomic E-state index is 10.1. The van der Waals surface area contributed by atoms with Gasteiger partial charge in [0.2, 0.25) is 0 Å². The van der Waals surface area contributed by atoms with Gasteiger partial charge in [-0.2, -0.15) is 0 Å². The van der Waals surface area contributed by atoms with Crippen LogP contribution in [0.15, 0.2) is 4.16 Å². The Labute approximate surface area is 156 Å². The Morgan fingerprint density at radius 2 is 1.32 bits per heavy atom. The quantitative estimate of drug-likeness (QED) is 0.137. The minimum absolute atomic E-state index is 0.273. The van der Waals surface area contributed by atoms with E-state index in [0.29, 0.717) is 0 Å². The standard InChI is InChI=1S/2C2H2N6O4.Co.N3/c2*9-2(10)1-3-4-5-7(1)6-8(11)12;;1-3-2/h2*6H,(H,9,10);;/q;;+3;-1/p-2. The van der Waals surface area contributed by atoms with Crippen molar-refractivity contribution in [2.45, 2.75) is 0 Å². The molecule has 0 spiro atoms. The number of carboxylic acid groups (broad SMARTS) is 2. The minimum atomic E-state index is -1.71. The first-order chi connectivity index (χ1) is 13.1. The summed E-state index contributed by atoms with van der Waals surface area (Å²) in [4.78, 5) is 42.6. The fraction of sp³-hybridized carbons (Fsp3) is 0. The number of carbonyl (C=O) groups is 2. The van der Waals surface area contributed by atoms with Gasteiger partial charge in [0, 0.05) is 20.0 Å². The number of nitrogens with one attached hydrogen (secondary N) is 2. The number of aromatic carboxylic acids is 2. The molecule has 0 atom stereocenters. The van der Waals surface area contributed by atoms with Gasteiger partial charge in [-0.05, 0) is 11.1 Å². The zero-order valence-electron chi connectivity index (χ0n) is 12.4.